The lowest BCUT2D eigenvalue weighted by Gasteiger charge is -2.07. The van der Waals surface area contributed by atoms with Crippen molar-refractivity contribution in [1.29, 1.82) is 0 Å². The highest BCUT2D eigenvalue weighted by Gasteiger charge is 2.15. The zero-order valence-corrected chi connectivity index (χ0v) is 13.1. The third-order valence-corrected chi connectivity index (χ3v) is 4.38. The number of rotatable bonds is 3. The Kier molecular flexibility index (Phi) is 3.85. The first-order valence-electron chi connectivity index (χ1n) is 5.99. The van der Waals surface area contributed by atoms with E-state index in [4.69, 9.17) is 15.4 Å². The van der Waals surface area contributed by atoms with E-state index in [2.05, 4.69) is 26.1 Å². The molecule has 3 aromatic rings. The van der Waals surface area contributed by atoms with Crippen molar-refractivity contribution in [1.82, 2.24) is 4.98 Å². The van der Waals surface area contributed by atoms with Crippen LogP contribution in [-0.2, 0) is 0 Å². The SMILES string of the molecule is N/C(=N/O)c1c(Br)cccc1Sc1nc2ccccc2o1. The van der Waals surface area contributed by atoms with E-state index in [0.717, 1.165) is 20.5 Å². The number of benzene rings is 2. The van der Waals surface area contributed by atoms with Crippen molar-refractivity contribution in [3.05, 3.63) is 52.5 Å². The van der Waals surface area contributed by atoms with Crippen molar-refractivity contribution in [2.24, 2.45) is 10.9 Å². The Labute approximate surface area is 133 Å². The summed E-state index contributed by atoms with van der Waals surface area (Å²) in [4.78, 5) is 5.19. The molecule has 2 aromatic carbocycles. The van der Waals surface area contributed by atoms with Gasteiger partial charge in [-0.2, -0.15) is 0 Å². The molecular formula is C14H10BrN3O2S. The van der Waals surface area contributed by atoms with E-state index in [9.17, 15) is 0 Å². The third kappa shape index (κ3) is 2.74. The molecule has 3 rings (SSSR count). The molecule has 0 bridgehead atoms. The highest BCUT2D eigenvalue weighted by atomic mass is 79.9. The van der Waals surface area contributed by atoms with Crippen LogP contribution in [-0.4, -0.2) is 16.0 Å². The summed E-state index contributed by atoms with van der Waals surface area (Å²) in [6.45, 7) is 0. The molecule has 21 heavy (non-hydrogen) atoms. The number of oxime groups is 1. The van der Waals surface area contributed by atoms with E-state index in [1.54, 1.807) is 0 Å². The molecule has 7 heteroatoms. The molecule has 3 N–H and O–H groups in total. The topological polar surface area (TPSA) is 84.6 Å². The molecule has 0 aliphatic carbocycles. The number of nitrogens with two attached hydrogens (primary N) is 1. The van der Waals surface area contributed by atoms with Crippen LogP contribution in [0, 0.1) is 0 Å². The normalized spacial score (nSPS) is 12.0. The average Bonchev–Trinajstić information content (AvgIpc) is 2.89. The third-order valence-electron chi connectivity index (χ3n) is 2.81. The highest BCUT2D eigenvalue weighted by Crippen LogP contribution is 2.34. The average molecular weight is 364 g/mol. The van der Waals surface area contributed by atoms with Gasteiger partial charge in [0.1, 0.15) is 5.52 Å². The molecule has 0 radical (unpaired) electrons. The Morgan fingerprint density at radius 1 is 1.24 bits per heavy atom. The minimum absolute atomic E-state index is 0.0288. The molecule has 0 amide bonds. The minimum atomic E-state index is 0.0288. The van der Waals surface area contributed by atoms with E-state index in [0.29, 0.717) is 10.8 Å². The smallest absolute Gasteiger partial charge is 0.261 e. The zero-order valence-electron chi connectivity index (χ0n) is 10.7. The number of aromatic nitrogens is 1. The molecule has 0 aliphatic rings. The summed E-state index contributed by atoms with van der Waals surface area (Å²) in [5.74, 6) is 0.0288. The van der Waals surface area contributed by atoms with Crippen LogP contribution in [0.2, 0.25) is 0 Å². The van der Waals surface area contributed by atoms with Gasteiger partial charge in [0.05, 0.1) is 0 Å². The summed E-state index contributed by atoms with van der Waals surface area (Å²) >= 11 is 4.72. The molecule has 0 aliphatic heterocycles. The fourth-order valence-electron chi connectivity index (χ4n) is 1.88. The molecule has 0 fully saturated rings. The molecule has 0 saturated carbocycles. The van der Waals surface area contributed by atoms with Gasteiger partial charge in [0.15, 0.2) is 11.4 Å². The van der Waals surface area contributed by atoms with Crippen molar-refractivity contribution in [2.75, 3.05) is 0 Å². The molecular weight excluding hydrogens is 354 g/mol. The van der Waals surface area contributed by atoms with Crippen LogP contribution < -0.4 is 5.73 Å². The molecule has 0 spiro atoms. The van der Waals surface area contributed by atoms with Gasteiger partial charge in [-0.3, -0.25) is 0 Å². The van der Waals surface area contributed by atoms with Gasteiger partial charge in [-0.25, -0.2) is 4.98 Å². The number of para-hydroxylation sites is 2. The second-order valence-corrected chi connectivity index (χ2v) is 6.00. The van der Waals surface area contributed by atoms with Gasteiger partial charge in [0.2, 0.25) is 0 Å². The van der Waals surface area contributed by atoms with Gasteiger partial charge in [0, 0.05) is 14.9 Å². The Morgan fingerprint density at radius 2 is 2.05 bits per heavy atom. The van der Waals surface area contributed by atoms with Crippen LogP contribution in [0.1, 0.15) is 5.56 Å². The van der Waals surface area contributed by atoms with Gasteiger partial charge >= 0.3 is 0 Å². The van der Waals surface area contributed by atoms with Crippen molar-refractivity contribution < 1.29 is 9.62 Å². The highest BCUT2D eigenvalue weighted by molar-refractivity contribution is 9.10. The lowest BCUT2D eigenvalue weighted by molar-refractivity contribution is 0.318. The van der Waals surface area contributed by atoms with Crippen LogP contribution in [0.15, 0.2) is 66.6 Å². The second-order valence-electron chi connectivity index (χ2n) is 4.15. The van der Waals surface area contributed by atoms with Crippen LogP contribution >= 0.6 is 27.7 Å². The van der Waals surface area contributed by atoms with E-state index >= 15 is 0 Å². The van der Waals surface area contributed by atoms with Crippen LogP contribution in [0.3, 0.4) is 0 Å². The summed E-state index contributed by atoms with van der Waals surface area (Å²) < 4.78 is 6.41. The molecule has 0 atom stereocenters. The Bertz CT molecular complexity index is 799. The summed E-state index contributed by atoms with van der Waals surface area (Å²) in [6, 6.07) is 13.1. The summed E-state index contributed by atoms with van der Waals surface area (Å²) in [7, 11) is 0. The fourth-order valence-corrected chi connectivity index (χ4v) is 3.50. The van der Waals surface area contributed by atoms with Gasteiger partial charge in [-0.1, -0.05) is 23.4 Å². The quantitative estimate of drug-likeness (QED) is 0.319. The van der Waals surface area contributed by atoms with Crippen molar-refractivity contribution >= 4 is 44.6 Å². The number of hydrogen-bond acceptors (Lipinski definition) is 5. The maximum Gasteiger partial charge on any atom is 0.261 e. The molecule has 1 aromatic heterocycles. The predicted octanol–water partition coefficient (Wildman–Crippen LogP) is 3.84. The van der Waals surface area contributed by atoms with E-state index < -0.39 is 0 Å². The van der Waals surface area contributed by atoms with Gasteiger partial charge in [-0.15, -0.1) is 0 Å². The maximum absolute atomic E-state index is 8.91. The number of oxazole rings is 1. The fraction of sp³-hybridized carbons (Fsp3) is 0. The molecule has 0 saturated heterocycles. The molecule has 5 nitrogen and oxygen atoms in total. The summed E-state index contributed by atoms with van der Waals surface area (Å²) in [5, 5.41) is 12.5. The Balaban J connectivity index is 2.03. The molecule has 0 unspecified atom stereocenters. The Hall–Kier alpha value is -1.99. The van der Waals surface area contributed by atoms with E-state index in [1.165, 1.54) is 11.8 Å². The summed E-state index contributed by atoms with van der Waals surface area (Å²) in [6.07, 6.45) is 0. The monoisotopic (exact) mass is 363 g/mol. The van der Waals surface area contributed by atoms with Crippen LogP contribution in [0.4, 0.5) is 0 Å². The molecule has 106 valence electrons. The van der Waals surface area contributed by atoms with E-state index in [-0.39, 0.29) is 5.84 Å². The zero-order chi connectivity index (χ0) is 14.8. The van der Waals surface area contributed by atoms with Gasteiger partial charge in [-0.05, 0) is 52.0 Å². The van der Waals surface area contributed by atoms with Gasteiger partial charge in [0.25, 0.3) is 5.22 Å². The number of halogens is 1. The van der Waals surface area contributed by atoms with Crippen LogP contribution in [0.5, 0.6) is 0 Å². The number of amidine groups is 1. The lowest BCUT2D eigenvalue weighted by Crippen LogP contribution is -2.15. The number of nitrogens with zero attached hydrogens (tertiary/aromatic N) is 2. The maximum atomic E-state index is 8.91. The van der Waals surface area contributed by atoms with Gasteiger partial charge < -0.3 is 15.4 Å². The second kappa shape index (κ2) is 5.79. The lowest BCUT2D eigenvalue weighted by atomic mass is 10.2. The summed E-state index contributed by atoms with van der Waals surface area (Å²) in [5.41, 5.74) is 7.85. The first-order chi connectivity index (χ1) is 10.2. The number of fused-ring (bicyclic) bond motifs is 1. The van der Waals surface area contributed by atoms with Crippen molar-refractivity contribution in [3.63, 3.8) is 0 Å². The molecule has 1 heterocycles. The first-order valence-corrected chi connectivity index (χ1v) is 7.60. The van der Waals surface area contributed by atoms with E-state index in [1.807, 2.05) is 42.5 Å². The Morgan fingerprint density at radius 3 is 2.81 bits per heavy atom. The number of hydrogen-bond donors (Lipinski definition) is 2. The van der Waals surface area contributed by atoms with Crippen molar-refractivity contribution in [3.8, 4) is 0 Å². The first kappa shape index (κ1) is 14.0. The minimum Gasteiger partial charge on any atom is -0.431 e. The standard InChI is InChI=1S/C14H10BrN3O2S/c15-8-4-3-7-11(12(8)13(16)18-19)21-14-17-9-5-1-2-6-10(9)20-14/h1-7,19H,(H2,16,18). The largest absolute Gasteiger partial charge is 0.431 e. The van der Waals surface area contributed by atoms with Crippen molar-refractivity contribution in [2.45, 2.75) is 10.1 Å². The predicted molar refractivity (Wildman–Crippen MR) is 84.8 cm³/mol. The van der Waals surface area contributed by atoms with Crippen LogP contribution in [0.25, 0.3) is 11.1 Å².